The van der Waals surface area contributed by atoms with Crippen LogP contribution in [0.15, 0.2) is 34.9 Å². The maximum Gasteiger partial charge on any atom is 0.0491 e. The smallest absolute Gasteiger partial charge is 0.0491 e. The molecule has 0 fully saturated rings. The maximum absolute atomic E-state index is 3.51. The molecule has 0 N–H and O–H groups in total. The lowest BCUT2D eigenvalue weighted by Crippen LogP contribution is -1.94. The Kier molecular flexibility index (Phi) is 2.92. The van der Waals surface area contributed by atoms with Gasteiger partial charge in [-0.05, 0) is 30.0 Å². The first kappa shape index (κ1) is 9.78. The van der Waals surface area contributed by atoms with Crippen LogP contribution in [-0.2, 0) is 6.54 Å². The normalized spacial score (nSPS) is 11.0. The molecule has 0 spiro atoms. The average Bonchev–Trinajstić information content (AvgIpc) is 2.57. The summed E-state index contributed by atoms with van der Waals surface area (Å²) in [5, 5.41) is 1.32. The van der Waals surface area contributed by atoms with E-state index in [2.05, 4.69) is 57.9 Å². The van der Waals surface area contributed by atoms with Crippen molar-refractivity contribution in [3.8, 4) is 0 Å². The van der Waals surface area contributed by atoms with E-state index in [1.165, 1.54) is 23.7 Å². The zero-order valence-corrected chi connectivity index (χ0v) is 9.92. The molecule has 14 heavy (non-hydrogen) atoms. The number of fused-ring (bicyclic) bond motifs is 1. The fraction of sp³-hybridized carbons (Fsp3) is 0.333. The molecule has 0 aliphatic heterocycles. The van der Waals surface area contributed by atoms with Crippen LogP contribution in [0.2, 0.25) is 0 Å². The quantitative estimate of drug-likeness (QED) is 0.771. The van der Waals surface area contributed by atoms with Gasteiger partial charge in [-0.25, -0.2) is 0 Å². The lowest BCUT2D eigenvalue weighted by molar-refractivity contribution is 0.650. The van der Waals surface area contributed by atoms with E-state index in [1.54, 1.807) is 0 Å². The van der Waals surface area contributed by atoms with Crippen LogP contribution in [0.25, 0.3) is 10.9 Å². The molecule has 0 aliphatic carbocycles. The van der Waals surface area contributed by atoms with Crippen molar-refractivity contribution in [3.05, 3.63) is 34.9 Å². The summed E-state index contributed by atoms with van der Waals surface area (Å²) in [5.41, 5.74) is 1.33. The van der Waals surface area contributed by atoms with Crippen LogP contribution in [0, 0.1) is 0 Å². The second-order valence-electron chi connectivity index (χ2n) is 3.57. The van der Waals surface area contributed by atoms with Gasteiger partial charge in [-0.3, -0.25) is 0 Å². The van der Waals surface area contributed by atoms with Gasteiger partial charge in [0.1, 0.15) is 0 Å². The number of hydrogen-bond acceptors (Lipinski definition) is 0. The molecule has 0 saturated carbocycles. The maximum atomic E-state index is 3.51. The monoisotopic (exact) mass is 251 g/mol. The molecule has 2 aromatic rings. The second kappa shape index (κ2) is 4.18. The number of benzene rings is 1. The fourth-order valence-electron chi connectivity index (χ4n) is 1.68. The first-order chi connectivity index (χ1) is 6.81. The van der Waals surface area contributed by atoms with Crippen LogP contribution in [-0.4, -0.2) is 4.57 Å². The predicted molar refractivity (Wildman–Crippen MR) is 64.5 cm³/mol. The Morgan fingerprint density at radius 1 is 1.29 bits per heavy atom. The molecule has 0 radical (unpaired) electrons. The number of aromatic nitrogens is 1. The molecule has 0 unspecified atom stereocenters. The van der Waals surface area contributed by atoms with E-state index in [0.29, 0.717) is 0 Å². The summed E-state index contributed by atoms with van der Waals surface area (Å²) in [4.78, 5) is 0. The van der Waals surface area contributed by atoms with Gasteiger partial charge in [0.15, 0.2) is 0 Å². The lowest BCUT2D eigenvalue weighted by Gasteiger charge is -2.03. The van der Waals surface area contributed by atoms with Crippen molar-refractivity contribution in [1.82, 2.24) is 4.57 Å². The lowest BCUT2D eigenvalue weighted by atomic mass is 10.2. The van der Waals surface area contributed by atoms with Crippen LogP contribution in [0.4, 0.5) is 0 Å². The molecular formula is C12H14BrN. The SMILES string of the molecule is CCCCn1ccc2ccc(Br)cc21. The van der Waals surface area contributed by atoms with Gasteiger partial charge in [-0.2, -0.15) is 0 Å². The van der Waals surface area contributed by atoms with Crippen molar-refractivity contribution in [1.29, 1.82) is 0 Å². The minimum atomic E-state index is 1.12. The highest BCUT2D eigenvalue weighted by atomic mass is 79.9. The number of rotatable bonds is 3. The van der Waals surface area contributed by atoms with Gasteiger partial charge < -0.3 is 4.57 Å². The minimum absolute atomic E-state index is 1.12. The molecule has 2 heteroatoms. The molecule has 1 nitrogen and oxygen atoms in total. The minimum Gasteiger partial charge on any atom is -0.347 e. The van der Waals surface area contributed by atoms with Crippen LogP contribution in [0.3, 0.4) is 0 Å². The molecule has 74 valence electrons. The highest BCUT2D eigenvalue weighted by Crippen LogP contribution is 2.21. The van der Waals surface area contributed by atoms with Crippen LogP contribution in [0.5, 0.6) is 0 Å². The fourth-order valence-corrected chi connectivity index (χ4v) is 2.03. The van der Waals surface area contributed by atoms with Gasteiger partial charge in [0.05, 0.1) is 0 Å². The number of unbranched alkanes of at least 4 members (excludes halogenated alkanes) is 1. The Morgan fingerprint density at radius 2 is 2.14 bits per heavy atom. The summed E-state index contributed by atoms with van der Waals surface area (Å²) < 4.78 is 3.48. The van der Waals surface area contributed by atoms with Gasteiger partial charge in [-0.1, -0.05) is 35.3 Å². The van der Waals surface area contributed by atoms with E-state index in [0.717, 1.165) is 11.0 Å². The topological polar surface area (TPSA) is 4.93 Å². The Balaban J connectivity index is 2.40. The largest absolute Gasteiger partial charge is 0.347 e. The number of halogens is 1. The van der Waals surface area contributed by atoms with E-state index in [4.69, 9.17) is 0 Å². The molecule has 0 saturated heterocycles. The van der Waals surface area contributed by atoms with Crippen LogP contribution >= 0.6 is 15.9 Å². The molecule has 1 heterocycles. The third kappa shape index (κ3) is 1.85. The Hall–Kier alpha value is -0.760. The highest BCUT2D eigenvalue weighted by molar-refractivity contribution is 9.10. The molecule has 0 amide bonds. The van der Waals surface area contributed by atoms with Crippen molar-refractivity contribution in [2.45, 2.75) is 26.3 Å². The zero-order valence-electron chi connectivity index (χ0n) is 8.33. The van der Waals surface area contributed by atoms with E-state index < -0.39 is 0 Å². The van der Waals surface area contributed by atoms with Gasteiger partial charge in [0.2, 0.25) is 0 Å². The van der Waals surface area contributed by atoms with Crippen LogP contribution < -0.4 is 0 Å². The van der Waals surface area contributed by atoms with Crippen molar-refractivity contribution >= 4 is 26.8 Å². The van der Waals surface area contributed by atoms with Crippen molar-refractivity contribution in [2.24, 2.45) is 0 Å². The van der Waals surface area contributed by atoms with Crippen LogP contribution in [0.1, 0.15) is 19.8 Å². The first-order valence-corrected chi connectivity index (χ1v) is 5.85. The third-order valence-electron chi connectivity index (χ3n) is 2.49. The predicted octanol–water partition coefficient (Wildman–Crippen LogP) is 4.20. The average molecular weight is 252 g/mol. The summed E-state index contributed by atoms with van der Waals surface area (Å²) in [6, 6.07) is 8.61. The molecule has 0 atom stereocenters. The highest BCUT2D eigenvalue weighted by Gasteiger charge is 2.00. The Morgan fingerprint density at radius 3 is 2.93 bits per heavy atom. The summed E-state index contributed by atoms with van der Waals surface area (Å²) >= 11 is 3.51. The number of aryl methyl sites for hydroxylation is 1. The van der Waals surface area contributed by atoms with E-state index >= 15 is 0 Å². The number of nitrogens with zero attached hydrogens (tertiary/aromatic N) is 1. The van der Waals surface area contributed by atoms with Gasteiger partial charge in [0.25, 0.3) is 0 Å². The molecule has 1 aromatic carbocycles. The second-order valence-corrected chi connectivity index (χ2v) is 4.48. The van der Waals surface area contributed by atoms with Gasteiger partial charge >= 0.3 is 0 Å². The summed E-state index contributed by atoms with van der Waals surface area (Å²) in [7, 11) is 0. The van der Waals surface area contributed by atoms with E-state index in [1.807, 2.05) is 0 Å². The number of hydrogen-bond donors (Lipinski definition) is 0. The first-order valence-electron chi connectivity index (χ1n) is 5.05. The third-order valence-corrected chi connectivity index (χ3v) is 2.98. The Bertz CT molecular complexity index is 431. The van der Waals surface area contributed by atoms with Crippen molar-refractivity contribution in [2.75, 3.05) is 0 Å². The molecular weight excluding hydrogens is 238 g/mol. The summed E-state index contributed by atoms with van der Waals surface area (Å²) in [5.74, 6) is 0. The van der Waals surface area contributed by atoms with Gasteiger partial charge in [0, 0.05) is 22.7 Å². The van der Waals surface area contributed by atoms with Gasteiger partial charge in [-0.15, -0.1) is 0 Å². The Labute approximate surface area is 92.9 Å². The summed E-state index contributed by atoms with van der Waals surface area (Å²) in [6.07, 6.45) is 4.66. The molecule has 0 bridgehead atoms. The zero-order chi connectivity index (χ0) is 9.97. The van der Waals surface area contributed by atoms with E-state index in [-0.39, 0.29) is 0 Å². The standard InChI is InChI=1S/C12H14BrN/c1-2-3-7-14-8-6-10-4-5-11(13)9-12(10)14/h4-6,8-9H,2-3,7H2,1H3. The molecule has 2 rings (SSSR count). The van der Waals surface area contributed by atoms with Crippen molar-refractivity contribution in [3.63, 3.8) is 0 Å². The van der Waals surface area contributed by atoms with E-state index in [9.17, 15) is 0 Å². The molecule has 1 aromatic heterocycles. The molecule has 0 aliphatic rings. The van der Waals surface area contributed by atoms with Crippen molar-refractivity contribution < 1.29 is 0 Å². The summed E-state index contributed by atoms with van der Waals surface area (Å²) in [6.45, 7) is 3.35.